The fourth-order valence-electron chi connectivity index (χ4n) is 2.12. The first-order valence-corrected chi connectivity index (χ1v) is 11.0. The van der Waals surface area contributed by atoms with E-state index in [1.165, 1.54) is 0 Å². The highest BCUT2D eigenvalue weighted by molar-refractivity contribution is 7.80. The van der Waals surface area contributed by atoms with Gasteiger partial charge in [0.05, 0.1) is 0 Å². The Morgan fingerprint density at radius 1 is 0.900 bits per heavy atom. The van der Waals surface area contributed by atoms with Gasteiger partial charge in [-0.1, -0.05) is 6.42 Å². The summed E-state index contributed by atoms with van der Waals surface area (Å²) < 4.78 is 18.2. The summed E-state index contributed by atoms with van der Waals surface area (Å²) in [5.74, 6) is 1.84. The van der Waals surface area contributed by atoms with Crippen molar-refractivity contribution in [3.05, 3.63) is 0 Å². The first kappa shape index (κ1) is 20.8. The second kappa shape index (κ2) is 13.5. The summed E-state index contributed by atoms with van der Waals surface area (Å²) in [5, 5.41) is 0. The molecular weight excluding hydrogens is 308 g/mol. The van der Waals surface area contributed by atoms with Crippen molar-refractivity contribution in [2.45, 2.75) is 65.0 Å². The van der Waals surface area contributed by atoms with E-state index >= 15 is 0 Å². The highest BCUT2D eigenvalue weighted by atomic mass is 32.1. The average Bonchev–Trinajstić information content (AvgIpc) is 2.40. The highest BCUT2D eigenvalue weighted by Gasteiger charge is 2.41. The van der Waals surface area contributed by atoms with Crippen LogP contribution in [-0.2, 0) is 13.3 Å². The van der Waals surface area contributed by atoms with Gasteiger partial charge in [0, 0.05) is 25.4 Å². The summed E-state index contributed by atoms with van der Waals surface area (Å²) in [7, 11) is -2.51. The second-order valence-electron chi connectivity index (χ2n) is 4.88. The molecule has 3 nitrogen and oxygen atoms in total. The van der Waals surface area contributed by atoms with Crippen LogP contribution < -0.4 is 0 Å². The highest BCUT2D eigenvalue weighted by Crippen LogP contribution is 2.23. The molecule has 0 fully saturated rings. The van der Waals surface area contributed by atoms with E-state index in [9.17, 15) is 0 Å². The molecule has 0 amide bonds. The van der Waals surface area contributed by atoms with Crippen LogP contribution in [0.15, 0.2) is 0 Å². The van der Waals surface area contributed by atoms with E-state index in [4.69, 9.17) is 13.3 Å². The quantitative estimate of drug-likeness (QED) is 0.282. The topological polar surface area (TPSA) is 27.7 Å². The Balaban J connectivity index is 4.44. The minimum absolute atomic E-state index is 0.190. The molecule has 0 rings (SSSR count). The van der Waals surface area contributed by atoms with E-state index in [1.807, 2.05) is 13.8 Å². The third kappa shape index (κ3) is 9.68. The third-order valence-corrected chi connectivity index (χ3v) is 6.84. The predicted octanol–water partition coefficient (Wildman–Crippen LogP) is 4.21. The zero-order chi connectivity index (χ0) is 15.3. The molecule has 0 spiro atoms. The van der Waals surface area contributed by atoms with Gasteiger partial charge >= 0.3 is 8.80 Å². The van der Waals surface area contributed by atoms with Crippen molar-refractivity contribution in [1.82, 2.24) is 0 Å². The van der Waals surface area contributed by atoms with Gasteiger partial charge in [0.2, 0.25) is 0 Å². The molecule has 0 radical (unpaired) electrons. The zero-order valence-electron chi connectivity index (χ0n) is 13.3. The molecule has 1 unspecified atom stereocenters. The van der Waals surface area contributed by atoms with E-state index in [2.05, 4.69) is 32.2 Å². The van der Waals surface area contributed by atoms with Crippen molar-refractivity contribution >= 4 is 34.1 Å². The minimum Gasteiger partial charge on any atom is -0.374 e. The van der Waals surface area contributed by atoms with Crippen LogP contribution in [0.2, 0.25) is 6.04 Å². The van der Waals surface area contributed by atoms with Crippen molar-refractivity contribution in [2.24, 2.45) is 0 Å². The maximum atomic E-state index is 6.26. The van der Waals surface area contributed by atoms with Crippen molar-refractivity contribution in [3.8, 4) is 0 Å². The SMILES string of the molecule is CCO[Si](CCCCS)(OCC)OC(C)CCCCS. The minimum atomic E-state index is -2.51. The van der Waals surface area contributed by atoms with Crippen LogP contribution in [0.4, 0.5) is 0 Å². The van der Waals surface area contributed by atoms with Crippen molar-refractivity contribution in [1.29, 1.82) is 0 Å². The van der Waals surface area contributed by atoms with Crippen molar-refractivity contribution in [2.75, 3.05) is 24.7 Å². The molecule has 0 N–H and O–H groups in total. The molecule has 0 saturated carbocycles. The summed E-state index contributed by atoms with van der Waals surface area (Å²) in [6.45, 7) is 7.44. The smallest absolute Gasteiger partial charge is 0.374 e. The summed E-state index contributed by atoms with van der Waals surface area (Å²) in [5.41, 5.74) is 0. The number of thiol groups is 2. The standard InChI is InChI=1S/C14H32O3S2Si/c1-4-15-20(16-5-2,13-9-8-12-19)17-14(3)10-6-7-11-18/h14,18-19H,4-13H2,1-3H3. The third-order valence-electron chi connectivity index (χ3n) is 3.02. The first-order valence-electron chi connectivity index (χ1n) is 7.81. The van der Waals surface area contributed by atoms with Gasteiger partial charge < -0.3 is 13.3 Å². The van der Waals surface area contributed by atoms with Gasteiger partial charge in [0.15, 0.2) is 0 Å². The van der Waals surface area contributed by atoms with E-state index in [1.54, 1.807) is 0 Å². The van der Waals surface area contributed by atoms with Gasteiger partial charge in [-0.15, -0.1) is 0 Å². The van der Waals surface area contributed by atoms with Crippen molar-refractivity contribution < 1.29 is 13.3 Å². The molecule has 20 heavy (non-hydrogen) atoms. The summed E-state index contributed by atoms with van der Waals surface area (Å²) in [6, 6.07) is 0.895. The van der Waals surface area contributed by atoms with Gasteiger partial charge in [-0.3, -0.25) is 0 Å². The Morgan fingerprint density at radius 3 is 1.95 bits per heavy atom. The van der Waals surface area contributed by atoms with Crippen LogP contribution in [-0.4, -0.2) is 39.6 Å². The summed E-state index contributed by atoms with van der Waals surface area (Å²) >= 11 is 8.51. The molecule has 1 atom stereocenters. The average molecular weight is 341 g/mol. The summed E-state index contributed by atoms with van der Waals surface area (Å²) in [6.07, 6.45) is 5.64. The molecule has 0 aliphatic carbocycles. The van der Waals surface area contributed by atoms with E-state index < -0.39 is 8.80 Å². The van der Waals surface area contributed by atoms with Crippen LogP contribution in [0.5, 0.6) is 0 Å². The normalized spacial score (nSPS) is 13.7. The largest absolute Gasteiger partial charge is 0.501 e. The van der Waals surface area contributed by atoms with Crippen molar-refractivity contribution in [3.63, 3.8) is 0 Å². The molecule has 0 aromatic rings. The molecule has 122 valence electrons. The van der Waals surface area contributed by atoms with Crippen LogP contribution in [0.1, 0.15) is 52.9 Å². The van der Waals surface area contributed by atoms with Gasteiger partial charge in [-0.05, 0) is 58.0 Å². The van der Waals surface area contributed by atoms with Crippen LogP contribution in [0.25, 0.3) is 0 Å². The Labute approximate surface area is 137 Å². The van der Waals surface area contributed by atoms with Gasteiger partial charge in [0.25, 0.3) is 0 Å². The second-order valence-corrected chi connectivity index (χ2v) is 8.45. The lowest BCUT2D eigenvalue weighted by atomic mass is 10.2. The number of rotatable bonds is 14. The van der Waals surface area contributed by atoms with E-state index in [-0.39, 0.29) is 6.10 Å². The summed E-state index contributed by atoms with van der Waals surface area (Å²) in [4.78, 5) is 0. The van der Waals surface area contributed by atoms with Gasteiger partial charge in [-0.25, -0.2) is 0 Å². The number of hydrogen-bond acceptors (Lipinski definition) is 5. The lowest BCUT2D eigenvalue weighted by molar-refractivity contribution is 0.0345. The monoisotopic (exact) mass is 340 g/mol. The Morgan fingerprint density at radius 2 is 1.45 bits per heavy atom. The molecule has 0 aromatic carbocycles. The fraction of sp³-hybridized carbons (Fsp3) is 1.00. The Kier molecular flexibility index (Phi) is 14.0. The van der Waals surface area contributed by atoms with Gasteiger partial charge in [0.1, 0.15) is 0 Å². The zero-order valence-corrected chi connectivity index (χ0v) is 16.1. The maximum absolute atomic E-state index is 6.26. The molecule has 6 heteroatoms. The number of unbranched alkanes of at least 4 members (excludes halogenated alkanes) is 2. The molecular formula is C14H32O3S2Si. The molecule has 0 heterocycles. The molecule has 0 aliphatic heterocycles. The predicted molar refractivity (Wildman–Crippen MR) is 95.2 cm³/mol. The van der Waals surface area contributed by atoms with E-state index in [0.29, 0.717) is 13.2 Å². The number of hydrogen-bond donors (Lipinski definition) is 2. The molecule has 0 aliphatic rings. The lowest BCUT2D eigenvalue weighted by Gasteiger charge is -2.32. The maximum Gasteiger partial charge on any atom is 0.501 e. The van der Waals surface area contributed by atoms with Crippen LogP contribution >= 0.6 is 25.3 Å². The fourth-order valence-corrected chi connectivity index (χ4v) is 5.48. The molecule has 0 saturated heterocycles. The Bertz CT molecular complexity index is 215. The van der Waals surface area contributed by atoms with E-state index in [0.717, 1.165) is 49.7 Å². The Hall–Kier alpha value is 0.797. The molecule has 0 aromatic heterocycles. The van der Waals surface area contributed by atoms with Crippen LogP contribution in [0.3, 0.4) is 0 Å². The van der Waals surface area contributed by atoms with Crippen LogP contribution in [0, 0.1) is 0 Å². The first-order chi connectivity index (χ1) is 9.64. The van der Waals surface area contributed by atoms with Gasteiger partial charge in [-0.2, -0.15) is 25.3 Å². The molecule has 0 bridgehead atoms. The lowest BCUT2D eigenvalue weighted by Crippen LogP contribution is -2.48.